The van der Waals surface area contributed by atoms with Gasteiger partial charge in [0.05, 0.1) is 0 Å². The van der Waals surface area contributed by atoms with Gasteiger partial charge in [-0.05, 0) is 0 Å². The molecule has 0 bridgehead atoms. The van der Waals surface area contributed by atoms with Gasteiger partial charge in [0.2, 0.25) is 0 Å². The molecule has 0 heterocycles. The number of rotatable bonds is 0. The molecule has 0 aliphatic heterocycles. The van der Waals surface area contributed by atoms with Crippen molar-refractivity contribution in [3.63, 3.8) is 0 Å². The van der Waals surface area contributed by atoms with E-state index in [4.69, 9.17) is 0 Å². The van der Waals surface area contributed by atoms with Crippen molar-refractivity contribution in [3.05, 3.63) is 13.2 Å². The molecule has 27 valence electrons. The molecule has 0 aromatic rings. The van der Waals surface area contributed by atoms with Crippen molar-refractivity contribution in [1.29, 1.82) is 0 Å². The molecule has 0 N–H and O–H groups in total. The van der Waals surface area contributed by atoms with Crippen LogP contribution in [0.1, 0.15) is 0 Å². The van der Waals surface area contributed by atoms with E-state index in [2.05, 4.69) is 13.2 Å². The summed E-state index contributed by atoms with van der Waals surface area (Å²) in [5.41, 5.74) is 0. The number of halogens is 1. The van der Waals surface area contributed by atoms with E-state index in [1.54, 1.807) is 0 Å². The van der Waals surface area contributed by atoms with Crippen LogP contribution in [0.15, 0.2) is 6.58 Å². The fourth-order valence-corrected chi connectivity index (χ4v) is 0. The van der Waals surface area contributed by atoms with Gasteiger partial charge >= 0.3 is 0 Å². The Balaban J connectivity index is -0.00000000500. The molecule has 4 heavy (non-hydrogen) atoms. The minimum atomic E-state index is 0. The fraction of sp³-hybridized carbons (Fsp3) is 0. The Morgan fingerprint density at radius 1 is 1.25 bits per heavy atom. The molecule has 0 fully saturated rings. The predicted octanol–water partition coefficient (Wildman–Crippen LogP) is 1.03. The van der Waals surface area contributed by atoms with Crippen LogP contribution in [0.5, 0.6) is 0 Å². The molecule has 0 unspecified atom stereocenters. The first-order valence-electron chi connectivity index (χ1n) is 0.408. The molecule has 0 atom stereocenters. The Hall–Kier alpha value is 1.61. The second-order valence-electron chi connectivity index (χ2n) is 0. The van der Waals surface area contributed by atoms with Gasteiger partial charge in [-0.2, -0.15) is 0 Å². The second-order valence-corrected chi connectivity index (χ2v) is 0. The van der Waals surface area contributed by atoms with Crippen LogP contribution in [0.25, 0.3) is 0 Å². The van der Waals surface area contributed by atoms with E-state index < -0.39 is 0 Å². The molecule has 0 aromatic carbocycles. The molecular formula is C2H4ClEu-. The topological polar surface area (TPSA) is 0 Å². The maximum Gasteiger partial charge on any atom is 0 e. The zero-order valence-corrected chi connectivity index (χ0v) is 5.31. The van der Waals surface area contributed by atoms with E-state index >= 15 is 0 Å². The fourth-order valence-electron chi connectivity index (χ4n) is 0. The van der Waals surface area contributed by atoms with Gasteiger partial charge in [-0.25, -0.2) is 0 Å². The Bertz CT molecular complexity index is 6.00. The van der Waals surface area contributed by atoms with Gasteiger partial charge in [-0.15, -0.1) is 12.4 Å². The molecular weight excluding hydrogens is 211 g/mol. The van der Waals surface area contributed by atoms with Crippen molar-refractivity contribution in [2.45, 2.75) is 0 Å². The summed E-state index contributed by atoms with van der Waals surface area (Å²) in [6.07, 6.45) is 0. The average molecular weight is 215 g/mol. The first-order chi connectivity index (χ1) is 1.00. The summed E-state index contributed by atoms with van der Waals surface area (Å²) < 4.78 is 0. The maximum absolute atomic E-state index is 4.25. The van der Waals surface area contributed by atoms with Crippen LogP contribution in [0.2, 0.25) is 0 Å². The molecule has 0 aliphatic rings. The van der Waals surface area contributed by atoms with Crippen LogP contribution in [-0.2, 0) is 0 Å². The van der Waals surface area contributed by atoms with Crippen LogP contribution < -0.4 is 0 Å². The van der Waals surface area contributed by atoms with E-state index in [0.717, 1.165) is 0 Å². The number of hydrogen-bond donors (Lipinski definition) is 0. The minimum absolute atomic E-state index is 0. The molecule has 2 heteroatoms. The second kappa shape index (κ2) is 23.1. The van der Waals surface area contributed by atoms with Gasteiger partial charge in [-0.3, -0.25) is 6.58 Å². The molecule has 0 spiro atoms. The van der Waals surface area contributed by atoms with Crippen LogP contribution >= 0.6 is 12.4 Å². The summed E-state index contributed by atoms with van der Waals surface area (Å²) in [4.78, 5) is 0. The first kappa shape index (κ1) is 17.5. The first-order valence-corrected chi connectivity index (χ1v) is 0.408. The van der Waals surface area contributed by atoms with Crippen molar-refractivity contribution >= 4 is 12.4 Å². The molecule has 0 aromatic heterocycles. The van der Waals surface area contributed by atoms with Crippen molar-refractivity contribution in [2.75, 3.05) is 0 Å². The zero-order chi connectivity index (χ0) is 2.00. The summed E-state index contributed by atoms with van der Waals surface area (Å²) in [7, 11) is 0. The molecule has 0 saturated heterocycles. The van der Waals surface area contributed by atoms with Crippen molar-refractivity contribution in [2.24, 2.45) is 0 Å². The van der Waals surface area contributed by atoms with Crippen molar-refractivity contribution in [3.8, 4) is 0 Å². The van der Waals surface area contributed by atoms with Gasteiger partial charge in [0.15, 0.2) is 0 Å². The van der Waals surface area contributed by atoms with Crippen LogP contribution in [0.3, 0.4) is 0 Å². The molecule has 0 rings (SSSR count). The van der Waals surface area contributed by atoms with Gasteiger partial charge in [0, 0.05) is 49.4 Å². The van der Waals surface area contributed by atoms with Crippen LogP contribution in [-0.4, -0.2) is 0 Å². The van der Waals surface area contributed by atoms with Gasteiger partial charge in [-0.1, -0.05) is 0 Å². The maximum atomic E-state index is 4.25. The summed E-state index contributed by atoms with van der Waals surface area (Å²) in [5.74, 6) is 0. The van der Waals surface area contributed by atoms with Gasteiger partial charge in [0.25, 0.3) is 0 Å². The Labute approximate surface area is 73.6 Å². The SMILES string of the molecule is Cl.[CH-]=C.[Eu]. The third-order valence-corrected chi connectivity index (χ3v) is 0. The quantitative estimate of drug-likeness (QED) is 0.530. The Morgan fingerprint density at radius 2 is 1.25 bits per heavy atom. The smallest absolute Gasteiger partial charge is 0 e. The predicted molar refractivity (Wildman–Crippen MR) is 17.2 cm³/mol. The van der Waals surface area contributed by atoms with Gasteiger partial charge in [0.1, 0.15) is 0 Å². The van der Waals surface area contributed by atoms with Crippen LogP contribution in [0.4, 0.5) is 0 Å². The summed E-state index contributed by atoms with van der Waals surface area (Å²) in [6, 6.07) is 0. The molecule has 0 nitrogen and oxygen atoms in total. The monoisotopic (exact) mass is 216 g/mol. The number of hydrogen-bond acceptors (Lipinski definition) is 0. The zero-order valence-electron chi connectivity index (χ0n) is 2.07. The normalized spacial score (nSPS) is 1.00. The van der Waals surface area contributed by atoms with Crippen molar-refractivity contribution in [1.82, 2.24) is 0 Å². The minimum Gasteiger partial charge on any atom is -0.521 e. The summed E-state index contributed by atoms with van der Waals surface area (Å²) in [5, 5.41) is 0. The molecule has 0 aliphatic carbocycles. The van der Waals surface area contributed by atoms with E-state index in [9.17, 15) is 0 Å². The van der Waals surface area contributed by atoms with Gasteiger partial charge < -0.3 is 6.58 Å². The summed E-state index contributed by atoms with van der Waals surface area (Å²) in [6.45, 7) is 7.00. The Morgan fingerprint density at radius 3 is 1.25 bits per heavy atom. The van der Waals surface area contributed by atoms with Crippen molar-refractivity contribution < 1.29 is 49.4 Å². The van der Waals surface area contributed by atoms with Crippen LogP contribution in [0, 0.1) is 56.0 Å². The van der Waals surface area contributed by atoms with E-state index in [-0.39, 0.29) is 61.8 Å². The summed E-state index contributed by atoms with van der Waals surface area (Å²) >= 11 is 0. The standard InChI is InChI=1S/C2H3.ClH.Eu/c1-2;;/h1H,2H2;1H;/q-1;;. The van der Waals surface area contributed by atoms with E-state index in [1.807, 2.05) is 0 Å². The van der Waals surface area contributed by atoms with E-state index in [1.165, 1.54) is 0 Å². The molecule has 0 saturated carbocycles. The molecule has 1 radical (unpaired) electrons. The average Bonchev–Trinajstić information content (AvgIpc) is 1.00. The largest absolute Gasteiger partial charge is 0.521 e. The third kappa shape index (κ3) is 9.48. The third-order valence-electron chi connectivity index (χ3n) is 0. The Kier molecular flexibility index (Phi) is 101. The molecule has 0 amide bonds. The van der Waals surface area contributed by atoms with E-state index in [0.29, 0.717) is 0 Å².